The van der Waals surface area contributed by atoms with Gasteiger partial charge in [-0.3, -0.25) is 15.0 Å². The zero-order valence-corrected chi connectivity index (χ0v) is 10.9. The van der Waals surface area contributed by atoms with Gasteiger partial charge in [0.15, 0.2) is 0 Å². The molecule has 2 atom stereocenters. The van der Waals surface area contributed by atoms with Crippen molar-refractivity contribution in [2.75, 3.05) is 19.7 Å². The van der Waals surface area contributed by atoms with Gasteiger partial charge in [0.2, 0.25) is 5.91 Å². The molecule has 1 saturated carbocycles. The zero-order valence-electron chi connectivity index (χ0n) is 10.9. The van der Waals surface area contributed by atoms with Gasteiger partial charge in [-0.15, -0.1) is 0 Å². The summed E-state index contributed by atoms with van der Waals surface area (Å²) in [5.41, 5.74) is 0. The van der Waals surface area contributed by atoms with Crippen LogP contribution in [0.25, 0.3) is 0 Å². The Balaban J connectivity index is 1.77. The Morgan fingerprint density at radius 1 is 1.39 bits per heavy atom. The number of hydrogen-bond acceptors (Lipinski definition) is 4. The van der Waals surface area contributed by atoms with Crippen LogP contribution in [0.15, 0.2) is 0 Å². The van der Waals surface area contributed by atoms with Gasteiger partial charge in [-0.05, 0) is 26.7 Å². The summed E-state index contributed by atoms with van der Waals surface area (Å²) in [5.74, 6) is -0.248. The van der Waals surface area contributed by atoms with E-state index in [1.165, 1.54) is 0 Å². The van der Waals surface area contributed by atoms with Crippen LogP contribution in [0, 0.1) is 0 Å². The summed E-state index contributed by atoms with van der Waals surface area (Å²) in [4.78, 5) is 25.4. The lowest BCUT2D eigenvalue weighted by molar-refractivity contribution is -0.127. The number of nitrogens with zero attached hydrogens (tertiary/aromatic N) is 1. The molecule has 6 nitrogen and oxygen atoms in total. The molecule has 18 heavy (non-hydrogen) atoms. The predicted molar refractivity (Wildman–Crippen MR) is 66.1 cm³/mol. The number of carbonyl (C=O) groups excluding carboxylic acids is 2. The quantitative estimate of drug-likeness (QED) is 0.749. The number of imide groups is 1. The van der Waals surface area contributed by atoms with Crippen LogP contribution in [0.3, 0.4) is 0 Å². The average Bonchev–Trinajstić information content (AvgIpc) is 3.11. The van der Waals surface area contributed by atoms with Crippen molar-refractivity contribution in [2.45, 2.75) is 44.9 Å². The van der Waals surface area contributed by atoms with Crippen molar-refractivity contribution in [3.05, 3.63) is 0 Å². The minimum Gasteiger partial charge on any atom is -0.376 e. The van der Waals surface area contributed by atoms with Crippen molar-refractivity contribution in [1.29, 1.82) is 0 Å². The standard InChI is InChI=1S/C12H21N3O3/c1-8-7-15(5-6-18-8)9(2)11(16)14-12(17)13-10-3-4-10/h8-10H,3-7H2,1-2H3,(H2,13,14,16,17). The third-order valence-corrected chi connectivity index (χ3v) is 3.35. The lowest BCUT2D eigenvalue weighted by Gasteiger charge is -2.34. The number of urea groups is 1. The molecule has 2 fully saturated rings. The third-order valence-electron chi connectivity index (χ3n) is 3.35. The van der Waals surface area contributed by atoms with Crippen LogP contribution in [-0.4, -0.2) is 54.7 Å². The Morgan fingerprint density at radius 3 is 2.72 bits per heavy atom. The fourth-order valence-electron chi connectivity index (χ4n) is 2.03. The summed E-state index contributed by atoms with van der Waals surface area (Å²) in [6.45, 7) is 5.88. The molecule has 2 aliphatic rings. The molecule has 6 heteroatoms. The van der Waals surface area contributed by atoms with Crippen LogP contribution in [0.4, 0.5) is 4.79 Å². The average molecular weight is 255 g/mol. The van der Waals surface area contributed by atoms with E-state index < -0.39 is 0 Å². The van der Waals surface area contributed by atoms with Gasteiger partial charge in [0, 0.05) is 19.1 Å². The van der Waals surface area contributed by atoms with E-state index in [0.29, 0.717) is 6.61 Å². The van der Waals surface area contributed by atoms with Crippen LogP contribution in [0.2, 0.25) is 0 Å². The number of ether oxygens (including phenoxy) is 1. The highest BCUT2D eigenvalue weighted by molar-refractivity contribution is 5.96. The van der Waals surface area contributed by atoms with E-state index in [2.05, 4.69) is 10.6 Å². The molecule has 1 heterocycles. The molecule has 2 N–H and O–H groups in total. The van der Waals surface area contributed by atoms with Crippen molar-refractivity contribution in [1.82, 2.24) is 15.5 Å². The molecule has 1 aliphatic carbocycles. The zero-order chi connectivity index (χ0) is 13.1. The van der Waals surface area contributed by atoms with Crippen molar-refractivity contribution in [2.24, 2.45) is 0 Å². The van der Waals surface area contributed by atoms with Crippen molar-refractivity contribution in [3.8, 4) is 0 Å². The van der Waals surface area contributed by atoms with Crippen molar-refractivity contribution < 1.29 is 14.3 Å². The Labute approximate surface area is 107 Å². The molecule has 1 saturated heterocycles. The number of morpholine rings is 1. The van der Waals surface area contributed by atoms with Gasteiger partial charge < -0.3 is 10.1 Å². The summed E-state index contributed by atoms with van der Waals surface area (Å²) in [7, 11) is 0. The molecule has 0 spiro atoms. The van der Waals surface area contributed by atoms with Crippen LogP contribution >= 0.6 is 0 Å². The summed E-state index contributed by atoms with van der Waals surface area (Å²) in [6.07, 6.45) is 2.16. The van der Waals surface area contributed by atoms with E-state index in [9.17, 15) is 9.59 Å². The smallest absolute Gasteiger partial charge is 0.321 e. The van der Waals surface area contributed by atoms with E-state index in [0.717, 1.165) is 25.9 Å². The number of rotatable bonds is 3. The fraction of sp³-hybridized carbons (Fsp3) is 0.833. The molecular weight excluding hydrogens is 234 g/mol. The normalized spacial score (nSPS) is 26.4. The second-order valence-electron chi connectivity index (χ2n) is 5.09. The first-order valence-corrected chi connectivity index (χ1v) is 6.53. The lowest BCUT2D eigenvalue weighted by Crippen LogP contribution is -2.54. The topological polar surface area (TPSA) is 70.7 Å². The van der Waals surface area contributed by atoms with E-state index in [1.807, 2.05) is 18.7 Å². The summed E-state index contributed by atoms with van der Waals surface area (Å²) in [6, 6.07) is -0.423. The molecule has 0 aromatic rings. The number of carbonyl (C=O) groups is 2. The molecule has 3 amide bonds. The summed E-state index contributed by atoms with van der Waals surface area (Å²) in [5, 5.41) is 5.13. The minimum atomic E-state index is -0.379. The summed E-state index contributed by atoms with van der Waals surface area (Å²) >= 11 is 0. The molecule has 102 valence electrons. The monoisotopic (exact) mass is 255 g/mol. The van der Waals surface area contributed by atoms with Gasteiger partial charge in [-0.2, -0.15) is 0 Å². The maximum absolute atomic E-state index is 11.9. The Bertz CT molecular complexity index is 331. The SMILES string of the molecule is CC1CN(C(C)C(=O)NC(=O)NC2CC2)CCO1. The fourth-order valence-corrected chi connectivity index (χ4v) is 2.03. The van der Waals surface area contributed by atoms with Gasteiger partial charge in [0.1, 0.15) is 0 Å². The minimum absolute atomic E-state index is 0.134. The molecule has 0 aromatic heterocycles. The highest BCUT2D eigenvalue weighted by Crippen LogP contribution is 2.18. The molecule has 2 rings (SSSR count). The van der Waals surface area contributed by atoms with Gasteiger partial charge in [-0.25, -0.2) is 4.79 Å². The largest absolute Gasteiger partial charge is 0.376 e. The molecule has 0 aromatic carbocycles. The molecule has 2 unspecified atom stereocenters. The maximum Gasteiger partial charge on any atom is 0.321 e. The molecule has 0 bridgehead atoms. The van der Waals surface area contributed by atoms with Gasteiger partial charge in [-0.1, -0.05) is 0 Å². The molecule has 1 aliphatic heterocycles. The van der Waals surface area contributed by atoms with Crippen LogP contribution in [0.1, 0.15) is 26.7 Å². The van der Waals surface area contributed by atoms with Crippen LogP contribution in [-0.2, 0) is 9.53 Å². The van der Waals surface area contributed by atoms with Crippen LogP contribution < -0.4 is 10.6 Å². The van der Waals surface area contributed by atoms with Crippen molar-refractivity contribution >= 4 is 11.9 Å². The Hall–Kier alpha value is -1.14. The first-order valence-electron chi connectivity index (χ1n) is 6.53. The van der Waals surface area contributed by atoms with E-state index in [1.54, 1.807) is 0 Å². The summed E-state index contributed by atoms with van der Waals surface area (Å²) < 4.78 is 5.43. The highest BCUT2D eigenvalue weighted by atomic mass is 16.5. The second-order valence-corrected chi connectivity index (χ2v) is 5.09. The Kier molecular flexibility index (Phi) is 4.19. The van der Waals surface area contributed by atoms with E-state index >= 15 is 0 Å². The molecular formula is C12H21N3O3. The van der Waals surface area contributed by atoms with Gasteiger partial charge in [0.05, 0.1) is 18.8 Å². The predicted octanol–water partition coefficient (Wildman–Crippen LogP) is 0.0838. The number of hydrogen-bond donors (Lipinski definition) is 2. The molecule has 0 radical (unpaired) electrons. The third kappa shape index (κ3) is 3.68. The first-order chi connectivity index (χ1) is 8.56. The van der Waals surface area contributed by atoms with E-state index in [-0.39, 0.29) is 30.1 Å². The number of amides is 3. The van der Waals surface area contributed by atoms with Crippen molar-refractivity contribution in [3.63, 3.8) is 0 Å². The maximum atomic E-state index is 11.9. The van der Waals surface area contributed by atoms with Gasteiger partial charge in [0.25, 0.3) is 0 Å². The number of nitrogens with one attached hydrogen (secondary N) is 2. The van der Waals surface area contributed by atoms with Gasteiger partial charge >= 0.3 is 6.03 Å². The Morgan fingerprint density at radius 2 is 2.11 bits per heavy atom. The first kappa shape index (κ1) is 13.3. The van der Waals surface area contributed by atoms with Crippen LogP contribution in [0.5, 0.6) is 0 Å². The highest BCUT2D eigenvalue weighted by Gasteiger charge is 2.28. The van der Waals surface area contributed by atoms with E-state index in [4.69, 9.17) is 4.74 Å². The lowest BCUT2D eigenvalue weighted by atomic mass is 10.2. The second kappa shape index (κ2) is 5.67.